The summed E-state index contributed by atoms with van der Waals surface area (Å²) in [6, 6.07) is 27.2. The van der Waals surface area contributed by atoms with E-state index in [4.69, 9.17) is 52.1 Å². The fraction of sp³-hybridized carbons (Fsp3) is 0.0682. The Hall–Kier alpha value is -6.11. The number of nitrogens with one attached hydrogen (secondary N) is 1. The molecular formula is C44H34Cl4F2N6O3. The monoisotopic (exact) mass is 872 g/mol. The summed E-state index contributed by atoms with van der Waals surface area (Å²) in [6.45, 7) is 3.76. The van der Waals surface area contributed by atoms with Crippen LogP contribution in [0, 0.1) is 25.5 Å². The quantitative estimate of drug-likeness (QED) is 0.124. The highest BCUT2D eigenvalue weighted by Crippen LogP contribution is 2.39. The van der Waals surface area contributed by atoms with E-state index < -0.39 is 17.7 Å². The Bertz CT molecular complexity index is 2740. The minimum atomic E-state index is -0.595. The molecule has 0 bridgehead atoms. The third-order valence-electron chi connectivity index (χ3n) is 8.47. The Kier molecular flexibility index (Phi) is 15.3. The van der Waals surface area contributed by atoms with Gasteiger partial charge in [-0.05, 0) is 91.2 Å². The number of fused-ring (bicyclic) bond motifs is 2. The van der Waals surface area contributed by atoms with Gasteiger partial charge in [-0.25, -0.2) is 18.7 Å². The van der Waals surface area contributed by atoms with E-state index in [-0.39, 0.29) is 21.5 Å². The number of phenolic OH excluding ortho intramolecular Hbond substituents is 2. The second-order valence-corrected chi connectivity index (χ2v) is 14.3. The number of nitrogens with two attached hydrogens (primary N) is 1. The number of halogens is 6. The third kappa shape index (κ3) is 11.7. The predicted octanol–water partition coefficient (Wildman–Crippen LogP) is 12.1. The summed E-state index contributed by atoms with van der Waals surface area (Å²) in [7, 11) is 0. The Morgan fingerprint density at radius 2 is 1.22 bits per heavy atom. The number of hydrogen-bond donors (Lipinski definition) is 4. The van der Waals surface area contributed by atoms with Crippen LogP contribution in [0.25, 0.3) is 21.8 Å². The number of phenols is 2. The predicted molar refractivity (Wildman–Crippen MR) is 233 cm³/mol. The number of pyridine rings is 4. The summed E-state index contributed by atoms with van der Waals surface area (Å²) in [4.78, 5) is 26.5. The van der Waals surface area contributed by atoms with Gasteiger partial charge in [0.1, 0.15) is 45.8 Å². The smallest absolute Gasteiger partial charge is 0.151 e. The number of para-hydroxylation sites is 1. The Morgan fingerprint density at radius 3 is 1.81 bits per heavy atom. The average Bonchev–Trinajstić information content (AvgIpc) is 3.21. The Labute approximate surface area is 358 Å². The molecule has 8 rings (SSSR count). The molecule has 300 valence electrons. The summed E-state index contributed by atoms with van der Waals surface area (Å²) in [6.07, 6.45) is 6.96. The molecule has 8 aromatic rings. The lowest BCUT2D eigenvalue weighted by molar-refractivity contribution is 0.112. The fourth-order valence-corrected chi connectivity index (χ4v) is 6.14. The zero-order chi connectivity index (χ0) is 42.6. The number of aromatic nitrogens is 4. The normalized spacial score (nSPS) is 10.9. The van der Waals surface area contributed by atoms with E-state index in [1.807, 2.05) is 44.2 Å². The second kappa shape index (κ2) is 20.5. The summed E-state index contributed by atoms with van der Waals surface area (Å²) >= 11 is 23.6. The molecule has 4 heterocycles. The van der Waals surface area contributed by atoms with Gasteiger partial charge in [-0.3, -0.25) is 14.8 Å². The van der Waals surface area contributed by atoms with Crippen LogP contribution in [0.5, 0.6) is 11.5 Å². The van der Waals surface area contributed by atoms with Gasteiger partial charge in [-0.15, -0.1) is 0 Å². The zero-order valence-corrected chi connectivity index (χ0v) is 34.2. The van der Waals surface area contributed by atoms with Crippen LogP contribution in [-0.4, -0.2) is 36.4 Å². The molecule has 4 aromatic heterocycles. The van der Waals surface area contributed by atoms with Crippen molar-refractivity contribution in [3.63, 3.8) is 0 Å². The fourth-order valence-electron chi connectivity index (χ4n) is 5.45. The molecule has 9 nitrogen and oxygen atoms in total. The molecule has 0 saturated heterocycles. The van der Waals surface area contributed by atoms with Crippen molar-refractivity contribution in [3.05, 3.63) is 187 Å². The molecule has 59 heavy (non-hydrogen) atoms. The maximum atomic E-state index is 13.6. The van der Waals surface area contributed by atoms with Crippen molar-refractivity contribution in [3.8, 4) is 11.5 Å². The van der Waals surface area contributed by atoms with E-state index in [0.717, 1.165) is 28.0 Å². The minimum Gasteiger partial charge on any atom is -0.506 e. The number of aryl methyl sites for hydroxylation is 2. The van der Waals surface area contributed by atoms with Crippen molar-refractivity contribution < 1.29 is 23.8 Å². The highest BCUT2D eigenvalue weighted by Gasteiger charge is 2.23. The topological polar surface area (TPSA) is 147 Å². The van der Waals surface area contributed by atoms with E-state index >= 15 is 0 Å². The molecule has 1 unspecified atom stereocenters. The van der Waals surface area contributed by atoms with Gasteiger partial charge in [0.15, 0.2) is 6.29 Å². The van der Waals surface area contributed by atoms with Crippen molar-refractivity contribution in [2.45, 2.75) is 19.9 Å². The average molecular weight is 875 g/mol. The van der Waals surface area contributed by atoms with Crippen LogP contribution in [0.15, 0.2) is 128 Å². The highest BCUT2D eigenvalue weighted by molar-refractivity contribution is 6.33. The molecular weight excluding hydrogens is 840 g/mol. The standard InChI is InChI=1S/C22H16Cl2FN3O.C9H7NO.C7H4ClFO.C6H7ClN2/c1-12-9-19(27-11-18(12)24)28-21(15-7-5-14(25)10-17(15)23)16-6-4-13-3-2-8-26-20(13)22(16)29;11-8-5-1-3-7-4-2-6-10-9(7)8;8-7-3-6(9)2-1-5(7)4-10;1-4-2-6(8)9-3-5(4)7/h2-11,21,29H,1H3,(H,27,28);1-6,11H;1-4H;2-3H,1H3,(H2,8,9). The molecule has 0 spiro atoms. The van der Waals surface area contributed by atoms with E-state index in [1.165, 1.54) is 24.3 Å². The van der Waals surface area contributed by atoms with Crippen molar-refractivity contribution >= 4 is 86.1 Å². The van der Waals surface area contributed by atoms with Crippen LogP contribution >= 0.6 is 46.4 Å². The van der Waals surface area contributed by atoms with Gasteiger partial charge in [0.2, 0.25) is 0 Å². The highest BCUT2D eigenvalue weighted by atomic mass is 35.5. The molecule has 0 radical (unpaired) electrons. The Morgan fingerprint density at radius 1 is 0.644 bits per heavy atom. The Balaban J connectivity index is 0.000000179. The first-order chi connectivity index (χ1) is 28.2. The van der Waals surface area contributed by atoms with Crippen molar-refractivity contribution in [2.75, 3.05) is 11.1 Å². The van der Waals surface area contributed by atoms with E-state index in [1.54, 1.807) is 67.3 Å². The number of carbonyl (C=O) groups excluding carboxylic acids is 1. The molecule has 1 atom stereocenters. The maximum absolute atomic E-state index is 13.6. The number of hydrogen-bond acceptors (Lipinski definition) is 9. The first-order valence-corrected chi connectivity index (χ1v) is 19.0. The lowest BCUT2D eigenvalue weighted by Crippen LogP contribution is -2.14. The van der Waals surface area contributed by atoms with E-state index in [2.05, 4.69) is 25.3 Å². The summed E-state index contributed by atoms with van der Waals surface area (Å²) in [5.74, 6) is 0.433. The van der Waals surface area contributed by atoms with Crippen LogP contribution in [0.3, 0.4) is 0 Å². The third-order valence-corrected chi connectivity index (χ3v) is 9.92. The van der Waals surface area contributed by atoms with Gasteiger partial charge in [-0.1, -0.05) is 88.9 Å². The molecule has 0 aliphatic carbocycles. The van der Waals surface area contributed by atoms with Crippen LogP contribution in [0.2, 0.25) is 20.1 Å². The molecule has 15 heteroatoms. The van der Waals surface area contributed by atoms with E-state index in [9.17, 15) is 23.8 Å². The number of nitrogen functional groups attached to an aromatic ring is 1. The van der Waals surface area contributed by atoms with E-state index in [0.29, 0.717) is 55.7 Å². The molecule has 5 N–H and O–H groups in total. The first kappa shape index (κ1) is 44.0. The van der Waals surface area contributed by atoms with Gasteiger partial charge in [0.25, 0.3) is 0 Å². The maximum Gasteiger partial charge on any atom is 0.151 e. The van der Waals surface area contributed by atoms with Gasteiger partial charge in [0.05, 0.1) is 21.1 Å². The molecule has 0 fully saturated rings. The summed E-state index contributed by atoms with van der Waals surface area (Å²) in [5.41, 5.74) is 9.73. The number of carbonyl (C=O) groups is 1. The molecule has 0 amide bonds. The van der Waals surface area contributed by atoms with Crippen molar-refractivity contribution in [2.24, 2.45) is 0 Å². The second-order valence-electron chi connectivity index (χ2n) is 12.6. The summed E-state index contributed by atoms with van der Waals surface area (Å²) < 4.78 is 25.9. The van der Waals surface area contributed by atoms with Crippen LogP contribution in [-0.2, 0) is 0 Å². The lowest BCUT2D eigenvalue weighted by Gasteiger charge is -2.23. The summed E-state index contributed by atoms with van der Waals surface area (Å²) in [5, 5.41) is 26.9. The van der Waals surface area contributed by atoms with Crippen molar-refractivity contribution in [1.82, 2.24) is 19.9 Å². The molecule has 0 aliphatic heterocycles. The van der Waals surface area contributed by atoms with Crippen molar-refractivity contribution in [1.29, 1.82) is 0 Å². The van der Waals surface area contributed by atoms with Crippen LogP contribution < -0.4 is 11.1 Å². The SMILES string of the molecule is Cc1cc(N)ncc1Cl.Cc1cc(NC(c2ccc(F)cc2Cl)c2ccc3cccnc3c2O)ncc1Cl.O=Cc1ccc(F)cc1Cl.Oc1cccc2cccnc12. The lowest BCUT2D eigenvalue weighted by atomic mass is 9.96. The molecule has 0 aliphatic rings. The number of benzene rings is 4. The molecule has 4 aromatic carbocycles. The zero-order valence-electron chi connectivity index (χ0n) is 31.2. The number of aromatic hydroxyl groups is 2. The molecule has 0 saturated carbocycles. The van der Waals surface area contributed by atoms with Crippen LogP contribution in [0.1, 0.15) is 38.7 Å². The number of nitrogens with zero attached hydrogens (tertiary/aromatic N) is 4. The minimum absolute atomic E-state index is 0.0201. The van der Waals surface area contributed by atoms with Gasteiger partial charge in [-0.2, -0.15) is 0 Å². The number of rotatable bonds is 5. The first-order valence-electron chi connectivity index (χ1n) is 17.5. The number of aldehydes is 1. The number of anilines is 2. The van der Waals surface area contributed by atoms with Gasteiger partial charge < -0.3 is 21.3 Å². The van der Waals surface area contributed by atoms with Crippen LogP contribution in [0.4, 0.5) is 20.4 Å². The van der Waals surface area contributed by atoms with Gasteiger partial charge in [0, 0.05) is 51.7 Å². The largest absolute Gasteiger partial charge is 0.506 e. The van der Waals surface area contributed by atoms with Gasteiger partial charge >= 0.3 is 0 Å².